The number of hydrogen-bond acceptors (Lipinski definition) is 4. The quantitative estimate of drug-likeness (QED) is 0.813. The number of nitrogens with zero attached hydrogens (tertiary/aromatic N) is 1. The molecule has 1 aromatic heterocycles. The average molecular weight is 241 g/mol. The van der Waals surface area contributed by atoms with Gasteiger partial charge in [-0.2, -0.15) is 0 Å². The zero-order chi connectivity index (χ0) is 12.3. The van der Waals surface area contributed by atoms with Crippen molar-refractivity contribution in [3.05, 3.63) is 16.1 Å². The fourth-order valence-corrected chi connectivity index (χ4v) is 2.48. The lowest BCUT2D eigenvalue weighted by atomic mass is 9.85. The van der Waals surface area contributed by atoms with Crippen LogP contribution in [0.5, 0.6) is 0 Å². The maximum absolute atomic E-state index is 12.0. The van der Waals surface area contributed by atoms with E-state index in [9.17, 15) is 4.79 Å². The summed E-state index contributed by atoms with van der Waals surface area (Å²) in [6.07, 6.45) is 0.00517. The summed E-state index contributed by atoms with van der Waals surface area (Å²) in [5.74, 6) is 0.101. The Morgan fingerprint density at radius 2 is 2.19 bits per heavy atom. The lowest BCUT2D eigenvalue weighted by molar-refractivity contribution is -0.134. The Morgan fingerprint density at radius 1 is 1.56 bits per heavy atom. The van der Waals surface area contributed by atoms with Crippen molar-refractivity contribution in [2.75, 3.05) is 7.11 Å². The zero-order valence-corrected chi connectivity index (χ0v) is 11.4. The predicted molar refractivity (Wildman–Crippen MR) is 65.8 cm³/mol. The molecule has 1 heterocycles. The van der Waals surface area contributed by atoms with E-state index in [4.69, 9.17) is 4.74 Å². The van der Waals surface area contributed by atoms with Crippen molar-refractivity contribution >= 4 is 17.1 Å². The third-order valence-electron chi connectivity index (χ3n) is 2.31. The van der Waals surface area contributed by atoms with Crippen molar-refractivity contribution in [3.8, 4) is 0 Å². The van der Waals surface area contributed by atoms with E-state index in [-0.39, 0.29) is 17.3 Å². The molecule has 4 heteroatoms. The number of carbonyl (C=O) groups excluding carboxylic acids is 1. The van der Waals surface area contributed by atoms with Crippen molar-refractivity contribution in [1.29, 1.82) is 0 Å². The third kappa shape index (κ3) is 3.39. The van der Waals surface area contributed by atoms with Crippen LogP contribution in [0.3, 0.4) is 0 Å². The molecule has 0 saturated heterocycles. The van der Waals surface area contributed by atoms with E-state index < -0.39 is 0 Å². The molecule has 0 amide bonds. The highest BCUT2D eigenvalue weighted by atomic mass is 32.1. The molecule has 0 fully saturated rings. The number of aromatic nitrogens is 1. The van der Waals surface area contributed by atoms with Gasteiger partial charge in [-0.25, -0.2) is 4.98 Å². The Morgan fingerprint density at radius 3 is 2.56 bits per heavy atom. The lowest BCUT2D eigenvalue weighted by Crippen LogP contribution is -2.37. The van der Waals surface area contributed by atoms with Gasteiger partial charge in [0.15, 0.2) is 5.78 Å². The molecular formula is C12H19NO2S. The summed E-state index contributed by atoms with van der Waals surface area (Å²) in [6, 6.07) is 0. The largest absolute Gasteiger partial charge is 0.373 e. The monoisotopic (exact) mass is 241 g/mol. The van der Waals surface area contributed by atoms with Crippen LogP contribution >= 0.6 is 11.3 Å². The number of aryl methyl sites for hydroxylation is 1. The first-order chi connectivity index (χ1) is 7.34. The number of hydrogen-bond donors (Lipinski definition) is 0. The van der Waals surface area contributed by atoms with E-state index in [2.05, 4.69) is 4.98 Å². The smallest absolute Gasteiger partial charge is 0.168 e. The van der Waals surface area contributed by atoms with Crippen LogP contribution in [-0.2, 0) is 16.0 Å². The van der Waals surface area contributed by atoms with Crippen LogP contribution in [0.25, 0.3) is 0 Å². The molecule has 1 unspecified atom stereocenters. The topological polar surface area (TPSA) is 39.2 Å². The lowest BCUT2D eigenvalue weighted by Gasteiger charge is -2.27. The molecule has 3 nitrogen and oxygen atoms in total. The summed E-state index contributed by atoms with van der Waals surface area (Å²) >= 11 is 1.53. The van der Waals surface area contributed by atoms with Gasteiger partial charge >= 0.3 is 0 Å². The summed E-state index contributed by atoms with van der Waals surface area (Å²) in [4.78, 5) is 16.3. The van der Waals surface area contributed by atoms with Gasteiger partial charge in [0, 0.05) is 18.2 Å². The molecule has 0 bridgehead atoms. The Labute approximate surface area is 101 Å². The number of thiazole rings is 1. The molecule has 0 N–H and O–H groups in total. The number of methoxy groups -OCH3 is 1. The molecule has 0 radical (unpaired) electrons. The number of ether oxygens (including phenoxy) is 1. The van der Waals surface area contributed by atoms with Crippen LogP contribution in [0.15, 0.2) is 5.38 Å². The van der Waals surface area contributed by atoms with Crippen LogP contribution in [0.4, 0.5) is 0 Å². The van der Waals surface area contributed by atoms with Crippen LogP contribution in [0.1, 0.15) is 31.5 Å². The first-order valence-corrected chi connectivity index (χ1v) is 6.19. The molecule has 1 atom stereocenters. The highest BCUT2D eigenvalue weighted by Crippen LogP contribution is 2.24. The van der Waals surface area contributed by atoms with Gasteiger partial charge in [-0.05, 0) is 12.3 Å². The van der Waals surface area contributed by atoms with Crippen molar-refractivity contribution in [3.63, 3.8) is 0 Å². The second-order valence-corrected chi connectivity index (χ2v) is 5.95. The molecule has 0 aliphatic heterocycles. The molecule has 0 saturated carbocycles. The van der Waals surface area contributed by atoms with Crippen LogP contribution in [0, 0.1) is 12.3 Å². The second kappa shape index (κ2) is 5.06. The Kier molecular flexibility index (Phi) is 4.21. The van der Waals surface area contributed by atoms with Gasteiger partial charge in [0.05, 0.1) is 6.42 Å². The number of ketones is 1. The minimum atomic E-state index is -0.364. The maximum Gasteiger partial charge on any atom is 0.168 e. The molecule has 0 spiro atoms. The first kappa shape index (κ1) is 13.3. The molecule has 0 aliphatic carbocycles. The van der Waals surface area contributed by atoms with Crippen LogP contribution in [0.2, 0.25) is 0 Å². The summed E-state index contributed by atoms with van der Waals surface area (Å²) < 4.78 is 5.28. The second-order valence-electron chi connectivity index (χ2n) is 5.01. The van der Waals surface area contributed by atoms with E-state index in [1.54, 1.807) is 7.11 Å². The molecule has 0 aliphatic rings. The van der Waals surface area contributed by atoms with Gasteiger partial charge in [0.25, 0.3) is 0 Å². The van der Waals surface area contributed by atoms with Crippen molar-refractivity contribution in [2.24, 2.45) is 5.41 Å². The third-order valence-corrected chi connectivity index (χ3v) is 3.27. The van der Waals surface area contributed by atoms with Crippen molar-refractivity contribution in [1.82, 2.24) is 4.98 Å². The number of Topliss-reactive ketones (excluding diaryl/α,β-unsaturated/α-hetero) is 1. The molecule has 90 valence electrons. The molecule has 1 aromatic rings. The average Bonchev–Trinajstić information content (AvgIpc) is 2.49. The highest BCUT2D eigenvalue weighted by molar-refractivity contribution is 7.09. The molecular weight excluding hydrogens is 222 g/mol. The zero-order valence-electron chi connectivity index (χ0n) is 10.5. The van der Waals surface area contributed by atoms with Gasteiger partial charge in [-0.15, -0.1) is 11.3 Å². The summed E-state index contributed by atoms with van der Waals surface area (Å²) in [5, 5.41) is 2.83. The summed E-state index contributed by atoms with van der Waals surface area (Å²) in [5.41, 5.74) is 0.801. The fraction of sp³-hybridized carbons (Fsp3) is 0.667. The minimum absolute atomic E-state index is 0.101. The summed E-state index contributed by atoms with van der Waals surface area (Å²) in [7, 11) is 1.58. The van der Waals surface area contributed by atoms with E-state index in [1.807, 2.05) is 33.1 Å². The first-order valence-electron chi connectivity index (χ1n) is 5.31. The van der Waals surface area contributed by atoms with Crippen molar-refractivity contribution in [2.45, 2.75) is 40.2 Å². The van der Waals surface area contributed by atoms with E-state index in [0.29, 0.717) is 6.42 Å². The fourth-order valence-electron chi connectivity index (χ4n) is 1.69. The normalized spacial score (nSPS) is 13.8. The van der Waals surface area contributed by atoms with Gasteiger partial charge in [0.2, 0.25) is 0 Å². The standard InChI is InChI=1S/C12H19NO2S/c1-8-7-16-10(13-8)6-9(14)11(15-5)12(2,3)4/h7,11H,6H2,1-5H3. The van der Waals surface area contributed by atoms with Gasteiger partial charge in [-0.1, -0.05) is 20.8 Å². The molecule has 16 heavy (non-hydrogen) atoms. The number of rotatable bonds is 4. The van der Waals surface area contributed by atoms with Gasteiger partial charge < -0.3 is 4.74 Å². The molecule has 1 rings (SSSR count). The minimum Gasteiger partial charge on any atom is -0.373 e. The van der Waals surface area contributed by atoms with E-state index >= 15 is 0 Å². The van der Waals surface area contributed by atoms with Gasteiger partial charge in [-0.3, -0.25) is 4.79 Å². The van der Waals surface area contributed by atoms with E-state index in [0.717, 1.165) is 10.7 Å². The Balaban J connectivity index is 2.71. The number of carbonyl (C=O) groups is 1. The van der Waals surface area contributed by atoms with Gasteiger partial charge in [0.1, 0.15) is 11.1 Å². The predicted octanol–water partition coefficient (Wildman–Crippen LogP) is 2.62. The molecule has 0 aromatic carbocycles. The van der Waals surface area contributed by atoms with E-state index in [1.165, 1.54) is 11.3 Å². The maximum atomic E-state index is 12.0. The SMILES string of the molecule is COC(C(=O)Cc1nc(C)cs1)C(C)(C)C. The van der Waals surface area contributed by atoms with Crippen LogP contribution < -0.4 is 0 Å². The van der Waals surface area contributed by atoms with Crippen LogP contribution in [-0.4, -0.2) is 24.0 Å². The Hall–Kier alpha value is -0.740. The Bertz CT molecular complexity index is 365. The van der Waals surface area contributed by atoms with Crippen molar-refractivity contribution < 1.29 is 9.53 Å². The summed E-state index contributed by atoms with van der Waals surface area (Å²) in [6.45, 7) is 7.95. The highest BCUT2D eigenvalue weighted by Gasteiger charge is 2.31.